The van der Waals surface area contributed by atoms with Gasteiger partial charge in [-0.2, -0.15) is 0 Å². The summed E-state index contributed by atoms with van der Waals surface area (Å²) in [6.45, 7) is 1.06. The third-order valence-corrected chi connectivity index (χ3v) is 4.76. The van der Waals surface area contributed by atoms with E-state index in [4.69, 9.17) is 14.2 Å². The Labute approximate surface area is 160 Å². The molecular weight excluding hydrogens is 374 g/mol. The van der Waals surface area contributed by atoms with E-state index in [-0.39, 0.29) is 6.61 Å². The lowest BCUT2D eigenvalue weighted by atomic mass is 9.88. The Hall–Kier alpha value is -2.08. The minimum Gasteiger partial charge on any atom is -0.477 e. The van der Waals surface area contributed by atoms with Gasteiger partial charge >= 0.3 is 5.97 Å². The van der Waals surface area contributed by atoms with Crippen LogP contribution >= 0.6 is 0 Å². The molecule has 0 unspecified atom stereocenters. The molecule has 5 N–H and O–H groups in total. The van der Waals surface area contributed by atoms with Crippen LogP contribution in [-0.2, 0) is 23.8 Å². The van der Waals surface area contributed by atoms with Crippen LogP contribution in [0.2, 0.25) is 0 Å². The number of benzene rings is 1. The van der Waals surface area contributed by atoms with Gasteiger partial charge in [0, 0.05) is 18.9 Å². The number of carbonyl (C=O) groups excluding carboxylic acids is 1. The highest BCUT2D eigenvalue weighted by molar-refractivity contribution is 5.76. The van der Waals surface area contributed by atoms with Gasteiger partial charge in [0.25, 0.3) is 5.79 Å². The van der Waals surface area contributed by atoms with Crippen molar-refractivity contribution >= 4 is 11.9 Å². The Kier molecular flexibility index (Phi) is 5.98. The molecule has 0 bridgehead atoms. The Balaban J connectivity index is 1.90. The smallest absolute Gasteiger partial charge is 0.364 e. The van der Waals surface area contributed by atoms with Gasteiger partial charge in [0.15, 0.2) is 6.29 Å². The van der Waals surface area contributed by atoms with Gasteiger partial charge in [0.1, 0.15) is 18.3 Å². The van der Waals surface area contributed by atoms with Crippen molar-refractivity contribution in [3.8, 4) is 0 Å². The molecule has 1 amide bonds. The normalized spacial score (nSPS) is 38.6. The van der Waals surface area contributed by atoms with Crippen LogP contribution in [0.5, 0.6) is 0 Å². The zero-order valence-corrected chi connectivity index (χ0v) is 15.1. The minimum absolute atomic E-state index is 0.154. The molecule has 0 saturated carbocycles. The van der Waals surface area contributed by atoms with Crippen LogP contribution in [0.25, 0.3) is 0 Å². The molecule has 28 heavy (non-hydrogen) atoms. The Morgan fingerprint density at radius 1 is 1.14 bits per heavy atom. The summed E-state index contributed by atoms with van der Waals surface area (Å²) in [6, 6.07) is 7.73. The van der Waals surface area contributed by atoms with E-state index in [1.165, 1.54) is 6.92 Å². The number of hydrogen-bond acceptors (Lipinski definition) is 8. The number of aliphatic hydroxyl groups excluding tert-OH is 2. The van der Waals surface area contributed by atoms with Crippen LogP contribution in [0.3, 0.4) is 0 Å². The molecule has 10 nitrogen and oxygen atoms in total. The number of carbonyl (C=O) groups is 2. The third kappa shape index (κ3) is 4.17. The van der Waals surface area contributed by atoms with E-state index in [1.54, 1.807) is 30.3 Å². The SMILES string of the molecule is CC(=O)N[C@H]1[C@H]([C@@H]2O[C@H](c3ccccc3)OC[C@H]2O)O[C@](O)(C(=O)O)C[C@@H]1O. The summed E-state index contributed by atoms with van der Waals surface area (Å²) in [4.78, 5) is 23.0. The van der Waals surface area contributed by atoms with Gasteiger partial charge in [-0.05, 0) is 0 Å². The summed E-state index contributed by atoms with van der Waals surface area (Å²) in [7, 11) is 0. The Morgan fingerprint density at radius 3 is 2.43 bits per heavy atom. The minimum atomic E-state index is -2.69. The van der Waals surface area contributed by atoms with Crippen molar-refractivity contribution in [2.75, 3.05) is 6.61 Å². The van der Waals surface area contributed by atoms with E-state index < -0.39 is 60.8 Å². The van der Waals surface area contributed by atoms with Crippen LogP contribution in [0.15, 0.2) is 30.3 Å². The predicted molar refractivity (Wildman–Crippen MR) is 91.7 cm³/mol. The molecule has 1 aromatic rings. The van der Waals surface area contributed by atoms with E-state index in [1.807, 2.05) is 0 Å². The molecule has 3 rings (SSSR count). The van der Waals surface area contributed by atoms with Crippen LogP contribution in [-0.4, -0.2) is 75.2 Å². The average molecular weight is 397 g/mol. The number of carboxylic acids is 1. The number of carboxylic acid groups (broad SMARTS) is 1. The first kappa shape index (κ1) is 20.6. The topological polar surface area (TPSA) is 155 Å². The maximum absolute atomic E-state index is 11.6. The molecule has 2 aliphatic rings. The monoisotopic (exact) mass is 397 g/mol. The number of amides is 1. The van der Waals surface area contributed by atoms with Gasteiger partial charge in [-0.1, -0.05) is 30.3 Å². The molecule has 2 saturated heterocycles. The summed E-state index contributed by atoms with van der Waals surface area (Å²) in [6.07, 6.45) is -6.77. The largest absolute Gasteiger partial charge is 0.477 e. The maximum atomic E-state index is 11.6. The Bertz CT molecular complexity index is 714. The fraction of sp³-hybridized carbons (Fsp3) is 0.556. The quantitative estimate of drug-likeness (QED) is 0.425. The van der Waals surface area contributed by atoms with Crippen LogP contribution in [0.1, 0.15) is 25.2 Å². The molecule has 2 fully saturated rings. The van der Waals surface area contributed by atoms with Crippen molar-refractivity contribution in [2.45, 2.75) is 55.9 Å². The fourth-order valence-corrected chi connectivity index (χ4v) is 3.43. The van der Waals surface area contributed by atoms with E-state index in [9.17, 15) is 30.0 Å². The molecule has 2 aliphatic heterocycles. The number of hydrogen-bond donors (Lipinski definition) is 5. The van der Waals surface area contributed by atoms with Crippen molar-refractivity contribution in [1.29, 1.82) is 0 Å². The first-order valence-electron chi connectivity index (χ1n) is 8.80. The number of ether oxygens (including phenoxy) is 3. The van der Waals surface area contributed by atoms with Gasteiger partial charge in [0.2, 0.25) is 5.91 Å². The molecule has 1 aromatic carbocycles. The summed E-state index contributed by atoms with van der Waals surface area (Å²) in [5, 5.41) is 42.8. The summed E-state index contributed by atoms with van der Waals surface area (Å²) < 4.78 is 16.6. The molecule has 2 heterocycles. The average Bonchev–Trinajstić information content (AvgIpc) is 2.65. The third-order valence-electron chi connectivity index (χ3n) is 4.76. The van der Waals surface area contributed by atoms with E-state index in [0.29, 0.717) is 5.56 Å². The highest BCUT2D eigenvalue weighted by Crippen LogP contribution is 2.35. The van der Waals surface area contributed by atoms with Crippen molar-refractivity contribution in [2.24, 2.45) is 0 Å². The van der Waals surface area contributed by atoms with Crippen molar-refractivity contribution in [3.63, 3.8) is 0 Å². The van der Waals surface area contributed by atoms with Crippen molar-refractivity contribution in [3.05, 3.63) is 35.9 Å². The molecule has 0 aliphatic carbocycles. The second-order valence-electron chi connectivity index (χ2n) is 6.91. The molecule has 7 atom stereocenters. The lowest BCUT2D eigenvalue weighted by Crippen LogP contribution is -2.68. The van der Waals surface area contributed by atoms with Crippen LogP contribution in [0.4, 0.5) is 0 Å². The van der Waals surface area contributed by atoms with Gasteiger partial charge < -0.3 is 40.0 Å². The predicted octanol–water partition coefficient (Wildman–Crippen LogP) is -1.11. The molecule has 154 valence electrons. The van der Waals surface area contributed by atoms with Crippen LogP contribution < -0.4 is 5.32 Å². The van der Waals surface area contributed by atoms with Crippen molar-refractivity contribution in [1.82, 2.24) is 5.32 Å². The molecule has 0 spiro atoms. The standard InChI is InChI=1S/C18H23NO9/c1-9(20)19-13-11(21)7-18(25,17(23)24)28-15(13)14-12(22)8-26-16(27-14)10-5-3-2-4-6-10/h2-6,11-16,21-22,25H,7-8H2,1H3,(H,19,20)(H,23,24)/t11-,12+,13+,14+,15+,16+,18-/m0/s1. The van der Waals surface area contributed by atoms with E-state index in [0.717, 1.165) is 0 Å². The Morgan fingerprint density at radius 2 is 1.82 bits per heavy atom. The van der Waals surface area contributed by atoms with Crippen LogP contribution in [0, 0.1) is 0 Å². The first-order chi connectivity index (χ1) is 13.2. The zero-order chi connectivity index (χ0) is 20.5. The van der Waals surface area contributed by atoms with Gasteiger partial charge in [-0.25, -0.2) is 4.79 Å². The molecule has 0 radical (unpaired) electrons. The molecule has 10 heteroatoms. The van der Waals surface area contributed by atoms with Crippen molar-refractivity contribution < 1.29 is 44.2 Å². The number of nitrogens with one attached hydrogen (secondary N) is 1. The first-order valence-corrected chi connectivity index (χ1v) is 8.80. The molecule has 0 aromatic heterocycles. The van der Waals surface area contributed by atoms with E-state index >= 15 is 0 Å². The highest BCUT2D eigenvalue weighted by atomic mass is 16.7. The number of rotatable bonds is 4. The van der Waals surface area contributed by atoms with Gasteiger partial charge in [0.05, 0.1) is 18.8 Å². The summed E-state index contributed by atoms with van der Waals surface area (Å²) in [5.74, 6) is -4.89. The second kappa shape index (κ2) is 8.11. The number of aliphatic hydroxyl groups is 3. The maximum Gasteiger partial charge on any atom is 0.364 e. The zero-order valence-electron chi connectivity index (χ0n) is 15.1. The lowest BCUT2D eigenvalue weighted by molar-refractivity contribution is -0.332. The lowest BCUT2D eigenvalue weighted by Gasteiger charge is -2.47. The van der Waals surface area contributed by atoms with E-state index in [2.05, 4.69) is 5.32 Å². The molecular formula is C18H23NO9. The highest BCUT2D eigenvalue weighted by Gasteiger charge is 2.55. The second-order valence-corrected chi connectivity index (χ2v) is 6.91. The summed E-state index contributed by atoms with van der Waals surface area (Å²) >= 11 is 0. The fourth-order valence-electron chi connectivity index (χ4n) is 3.43. The van der Waals surface area contributed by atoms with Gasteiger partial charge in [-0.15, -0.1) is 0 Å². The summed E-state index contributed by atoms with van der Waals surface area (Å²) in [5.41, 5.74) is 0.653. The number of aliphatic carboxylic acids is 1. The van der Waals surface area contributed by atoms with Gasteiger partial charge in [-0.3, -0.25) is 4.79 Å².